The third-order valence-electron chi connectivity index (χ3n) is 7.18. The van der Waals surface area contributed by atoms with Crippen molar-refractivity contribution in [1.82, 2.24) is 0 Å². The Morgan fingerprint density at radius 2 is 1.85 bits per heavy atom. The molecular weight excluding hydrogens is 423 g/mol. The fourth-order valence-electron chi connectivity index (χ4n) is 4.95. The highest BCUT2D eigenvalue weighted by Crippen LogP contribution is 2.45. The second-order valence-corrected chi connectivity index (χ2v) is 9.43. The van der Waals surface area contributed by atoms with Crippen molar-refractivity contribution in [3.8, 4) is 11.5 Å². The van der Waals surface area contributed by atoms with Crippen molar-refractivity contribution in [2.24, 2.45) is 11.8 Å². The van der Waals surface area contributed by atoms with Gasteiger partial charge in [-0.1, -0.05) is 12.1 Å². The minimum absolute atomic E-state index is 0.170. The molecule has 1 atom stereocenters. The van der Waals surface area contributed by atoms with Crippen molar-refractivity contribution in [3.05, 3.63) is 59.4 Å². The molecule has 5 nitrogen and oxygen atoms in total. The van der Waals surface area contributed by atoms with E-state index in [0.29, 0.717) is 43.1 Å². The molecule has 0 bridgehead atoms. The van der Waals surface area contributed by atoms with Gasteiger partial charge in [0.15, 0.2) is 0 Å². The van der Waals surface area contributed by atoms with Crippen LogP contribution in [-0.2, 0) is 15.1 Å². The summed E-state index contributed by atoms with van der Waals surface area (Å²) in [5.74, 6) is 1.75. The molecule has 0 spiro atoms. The normalized spacial score (nSPS) is 23.6. The van der Waals surface area contributed by atoms with E-state index in [9.17, 15) is 14.3 Å². The van der Waals surface area contributed by atoms with Crippen molar-refractivity contribution in [2.45, 2.75) is 56.5 Å². The number of rotatable bonds is 9. The summed E-state index contributed by atoms with van der Waals surface area (Å²) in [7, 11) is 2.96. The minimum Gasteiger partial charge on any atom is -0.497 e. The summed E-state index contributed by atoms with van der Waals surface area (Å²) in [6, 6.07) is 12.5. The van der Waals surface area contributed by atoms with Gasteiger partial charge in [0.2, 0.25) is 0 Å². The Labute approximate surface area is 194 Å². The molecule has 0 amide bonds. The molecule has 2 aliphatic carbocycles. The van der Waals surface area contributed by atoms with Crippen LogP contribution in [-0.4, -0.2) is 31.9 Å². The monoisotopic (exact) mass is 456 g/mol. The van der Waals surface area contributed by atoms with E-state index in [1.165, 1.54) is 20.3 Å². The molecule has 0 radical (unpaired) electrons. The van der Waals surface area contributed by atoms with Crippen LogP contribution in [0.15, 0.2) is 42.5 Å². The van der Waals surface area contributed by atoms with Crippen molar-refractivity contribution in [3.63, 3.8) is 0 Å². The van der Waals surface area contributed by atoms with Crippen molar-refractivity contribution in [2.75, 3.05) is 20.8 Å². The van der Waals surface area contributed by atoms with E-state index in [4.69, 9.17) is 14.2 Å². The number of methoxy groups -OCH3 is 2. The summed E-state index contributed by atoms with van der Waals surface area (Å²) in [6.45, 7) is 0.547. The Balaban J connectivity index is 1.35. The lowest BCUT2D eigenvalue weighted by Gasteiger charge is -2.36. The molecule has 1 N–H and O–H groups in total. The Bertz CT molecular complexity index is 963. The lowest BCUT2D eigenvalue weighted by molar-refractivity contribution is -0.141. The molecule has 0 heterocycles. The summed E-state index contributed by atoms with van der Waals surface area (Å²) >= 11 is 0. The maximum absolute atomic E-state index is 14.4. The van der Waals surface area contributed by atoms with E-state index in [2.05, 4.69) is 6.07 Å². The maximum Gasteiger partial charge on any atom is 0.306 e. The molecule has 2 aromatic rings. The molecule has 33 heavy (non-hydrogen) atoms. The summed E-state index contributed by atoms with van der Waals surface area (Å²) in [4.78, 5) is 11.9. The van der Waals surface area contributed by atoms with Crippen LogP contribution in [0, 0.1) is 17.7 Å². The Morgan fingerprint density at radius 3 is 2.52 bits per heavy atom. The largest absolute Gasteiger partial charge is 0.497 e. The quantitative estimate of drug-likeness (QED) is 0.516. The van der Waals surface area contributed by atoms with Crippen LogP contribution < -0.4 is 9.47 Å². The summed E-state index contributed by atoms with van der Waals surface area (Å²) in [5.41, 5.74) is 0.248. The van der Waals surface area contributed by atoms with Crippen molar-refractivity contribution >= 4 is 5.97 Å². The first-order valence-electron chi connectivity index (χ1n) is 11.8. The van der Waals surface area contributed by atoms with Gasteiger partial charge in [-0.25, -0.2) is 4.39 Å². The fourth-order valence-corrected chi connectivity index (χ4v) is 4.95. The van der Waals surface area contributed by atoms with E-state index >= 15 is 0 Å². The number of hydrogen-bond donors (Lipinski definition) is 1. The van der Waals surface area contributed by atoms with E-state index < -0.39 is 11.4 Å². The number of benzene rings is 2. The van der Waals surface area contributed by atoms with Crippen molar-refractivity contribution < 1.29 is 28.5 Å². The van der Waals surface area contributed by atoms with E-state index in [1.54, 1.807) is 12.1 Å². The molecule has 178 valence electrons. The van der Waals surface area contributed by atoms with Gasteiger partial charge in [-0.2, -0.15) is 0 Å². The van der Waals surface area contributed by atoms with Gasteiger partial charge in [0, 0.05) is 5.56 Å². The number of ether oxygens (including phenoxy) is 3. The number of aliphatic hydroxyl groups is 1. The summed E-state index contributed by atoms with van der Waals surface area (Å²) < 4.78 is 30.6. The first-order valence-corrected chi connectivity index (χ1v) is 11.8. The number of halogens is 1. The Hall–Kier alpha value is -2.60. The SMILES string of the molecule is COC(=O)C[C@H](c1cccc(OC[C@H]2CC[C@@](O)(c3cc(OC)ccc3F)CC2)c1)C1CC1. The molecule has 0 aromatic heterocycles. The minimum atomic E-state index is -1.18. The zero-order valence-electron chi connectivity index (χ0n) is 19.4. The molecule has 0 aliphatic heterocycles. The third kappa shape index (κ3) is 5.67. The van der Waals surface area contributed by atoms with Crippen LogP contribution >= 0.6 is 0 Å². The predicted octanol–water partition coefficient (Wildman–Crippen LogP) is 5.35. The van der Waals surface area contributed by atoms with Crippen molar-refractivity contribution in [1.29, 1.82) is 0 Å². The molecule has 2 aliphatic rings. The first-order chi connectivity index (χ1) is 15.9. The molecule has 0 saturated heterocycles. The first kappa shape index (κ1) is 23.6. The molecule has 2 fully saturated rings. The zero-order chi connectivity index (χ0) is 23.4. The zero-order valence-corrected chi connectivity index (χ0v) is 19.4. The molecule has 6 heteroatoms. The summed E-state index contributed by atoms with van der Waals surface area (Å²) in [6.07, 6.45) is 5.14. The van der Waals surface area contributed by atoms with Gasteiger partial charge in [0.1, 0.15) is 17.3 Å². The maximum atomic E-state index is 14.4. The average molecular weight is 457 g/mol. The van der Waals surface area contributed by atoms with Gasteiger partial charge in [-0.05, 0) is 92.2 Å². The smallest absolute Gasteiger partial charge is 0.306 e. The number of esters is 1. The van der Waals surface area contributed by atoms with Gasteiger partial charge in [-0.3, -0.25) is 4.79 Å². The highest BCUT2D eigenvalue weighted by Gasteiger charge is 2.37. The average Bonchev–Trinajstić information content (AvgIpc) is 3.68. The van der Waals surface area contributed by atoms with Gasteiger partial charge in [-0.15, -0.1) is 0 Å². The number of carbonyl (C=O) groups is 1. The standard InChI is InChI=1S/C27H33FO5/c1-31-21-8-9-25(28)24(15-21)27(30)12-10-18(11-13-27)17-33-22-5-3-4-20(14-22)23(19-6-7-19)16-26(29)32-2/h3-5,8-9,14-15,18-19,23,30H,6-7,10-13,16-17H2,1-2H3/t18-,23-,27-/m0/s1. The molecule has 2 saturated carbocycles. The summed E-state index contributed by atoms with van der Waals surface area (Å²) in [5, 5.41) is 11.1. The van der Waals surface area contributed by atoms with Crippen LogP contribution in [0.5, 0.6) is 11.5 Å². The second kappa shape index (κ2) is 10.1. The Kier molecular flexibility index (Phi) is 7.23. The van der Waals surface area contributed by atoms with Gasteiger partial charge < -0.3 is 19.3 Å². The van der Waals surface area contributed by atoms with Crippen LogP contribution in [0.2, 0.25) is 0 Å². The fraction of sp³-hybridized carbons (Fsp3) is 0.519. The predicted molar refractivity (Wildman–Crippen MR) is 123 cm³/mol. The molecule has 4 rings (SSSR count). The van der Waals surface area contributed by atoms with Crippen LogP contribution in [0.25, 0.3) is 0 Å². The Morgan fingerprint density at radius 1 is 1.09 bits per heavy atom. The van der Waals surface area contributed by atoms with E-state index in [1.807, 2.05) is 18.2 Å². The van der Waals surface area contributed by atoms with Crippen LogP contribution in [0.1, 0.15) is 62.0 Å². The number of carbonyl (C=O) groups excluding carboxylic acids is 1. The van der Waals surface area contributed by atoms with Gasteiger partial charge in [0.05, 0.1) is 32.8 Å². The molecular formula is C27H33FO5. The van der Waals surface area contributed by atoms with Crippen LogP contribution in [0.4, 0.5) is 4.39 Å². The van der Waals surface area contributed by atoms with Gasteiger partial charge in [0.25, 0.3) is 0 Å². The lowest BCUT2D eigenvalue weighted by Crippen LogP contribution is -2.34. The van der Waals surface area contributed by atoms with E-state index in [0.717, 1.165) is 37.0 Å². The highest BCUT2D eigenvalue weighted by molar-refractivity contribution is 5.70. The van der Waals surface area contributed by atoms with Gasteiger partial charge >= 0.3 is 5.97 Å². The topological polar surface area (TPSA) is 65.0 Å². The third-order valence-corrected chi connectivity index (χ3v) is 7.18. The highest BCUT2D eigenvalue weighted by atomic mass is 19.1. The lowest BCUT2D eigenvalue weighted by atomic mass is 9.75. The molecule has 0 unspecified atom stereocenters. The van der Waals surface area contributed by atoms with Crippen LogP contribution in [0.3, 0.4) is 0 Å². The number of hydrogen-bond acceptors (Lipinski definition) is 5. The second-order valence-electron chi connectivity index (χ2n) is 9.43. The molecule has 2 aromatic carbocycles. The van der Waals surface area contributed by atoms with E-state index in [-0.39, 0.29) is 17.8 Å².